The van der Waals surface area contributed by atoms with Crippen molar-refractivity contribution in [3.05, 3.63) is 29.8 Å². The molecule has 0 aliphatic rings. The highest BCUT2D eigenvalue weighted by molar-refractivity contribution is 7.89. The smallest absolute Gasteiger partial charge is 0.242 e. The number of rotatable bonds is 7. The van der Waals surface area contributed by atoms with Gasteiger partial charge in [-0.15, -0.1) is 12.4 Å². The summed E-state index contributed by atoms with van der Waals surface area (Å²) in [6.45, 7) is 2.02. The topological polar surface area (TPSA) is 92.5 Å². The number of hydrogen-bond acceptors (Lipinski definition) is 4. The van der Waals surface area contributed by atoms with E-state index < -0.39 is 10.0 Å². The summed E-state index contributed by atoms with van der Waals surface area (Å²) in [6, 6.07) is 6.62. The summed E-state index contributed by atoms with van der Waals surface area (Å²) in [5.74, 6) is -0.135. The first-order valence-corrected chi connectivity index (χ1v) is 8.22. The van der Waals surface area contributed by atoms with E-state index in [0.29, 0.717) is 18.4 Å². The van der Waals surface area contributed by atoms with Crippen LogP contribution in [0.25, 0.3) is 0 Å². The van der Waals surface area contributed by atoms with Crippen LogP contribution in [0, 0.1) is 0 Å². The number of carbonyl (C=O) groups excluding carboxylic acids is 1. The standard InChI is InChI=1S/C14H23N3O3S.ClH/c1-11(15)8-9-14(18)16-10-12-6-4-5-7-13(12)21(19,20)17(2)3;/h4-7,11H,8-10,15H2,1-3H3,(H,16,18);1H. The lowest BCUT2D eigenvalue weighted by molar-refractivity contribution is -0.121. The second-order valence-corrected chi connectivity index (χ2v) is 7.31. The Balaban J connectivity index is 0.00000441. The minimum absolute atomic E-state index is 0. The Morgan fingerprint density at radius 3 is 2.45 bits per heavy atom. The molecule has 3 N–H and O–H groups in total. The molecule has 0 aliphatic heterocycles. The number of nitrogens with zero attached hydrogens (tertiary/aromatic N) is 1. The molecule has 0 bridgehead atoms. The molecule has 0 spiro atoms. The number of nitrogens with two attached hydrogens (primary N) is 1. The van der Waals surface area contributed by atoms with Crippen LogP contribution < -0.4 is 11.1 Å². The third kappa shape index (κ3) is 5.92. The molecule has 1 aromatic rings. The zero-order valence-electron chi connectivity index (χ0n) is 13.1. The average molecular weight is 350 g/mol. The molecule has 0 fully saturated rings. The molecule has 126 valence electrons. The van der Waals surface area contributed by atoms with E-state index in [4.69, 9.17) is 5.73 Å². The van der Waals surface area contributed by atoms with Crippen LogP contribution in [0.2, 0.25) is 0 Å². The molecule has 6 nitrogen and oxygen atoms in total. The molecular weight excluding hydrogens is 326 g/mol. The number of hydrogen-bond donors (Lipinski definition) is 2. The van der Waals surface area contributed by atoms with E-state index in [1.807, 2.05) is 6.92 Å². The molecule has 0 radical (unpaired) electrons. The van der Waals surface area contributed by atoms with Crippen molar-refractivity contribution in [3.63, 3.8) is 0 Å². The summed E-state index contributed by atoms with van der Waals surface area (Å²) < 4.78 is 25.6. The van der Waals surface area contributed by atoms with Gasteiger partial charge in [-0.05, 0) is 25.0 Å². The molecular formula is C14H24ClN3O3S. The van der Waals surface area contributed by atoms with Crippen LogP contribution in [0.1, 0.15) is 25.3 Å². The number of sulfonamides is 1. The summed E-state index contributed by atoms with van der Waals surface area (Å²) in [4.78, 5) is 11.9. The maximum absolute atomic E-state index is 12.2. The van der Waals surface area contributed by atoms with E-state index in [2.05, 4.69) is 5.32 Å². The van der Waals surface area contributed by atoms with Gasteiger partial charge in [-0.25, -0.2) is 12.7 Å². The molecule has 0 heterocycles. The van der Waals surface area contributed by atoms with Crippen molar-refractivity contribution in [3.8, 4) is 0 Å². The van der Waals surface area contributed by atoms with Crippen LogP contribution in [-0.2, 0) is 21.4 Å². The van der Waals surface area contributed by atoms with Crippen LogP contribution >= 0.6 is 12.4 Å². The van der Waals surface area contributed by atoms with Crippen molar-refractivity contribution in [2.45, 2.75) is 37.2 Å². The minimum atomic E-state index is -3.52. The van der Waals surface area contributed by atoms with Crippen molar-refractivity contribution in [1.82, 2.24) is 9.62 Å². The van der Waals surface area contributed by atoms with Crippen molar-refractivity contribution < 1.29 is 13.2 Å². The van der Waals surface area contributed by atoms with Crippen LogP contribution in [0.15, 0.2) is 29.2 Å². The number of nitrogens with one attached hydrogen (secondary N) is 1. The monoisotopic (exact) mass is 349 g/mol. The Kier molecular flexibility index (Phi) is 8.62. The van der Waals surface area contributed by atoms with Crippen LogP contribution in [-0.4, -0.2) is 38.8 Å². The second-order valence-electron chi connectivity index (χ2n) is 5.19. The van der Waals surface area contributed by atoms with Gasteiger partial charge in [0.2, 0.25) is 15.9 Å². The second kappa shape index (κ2) is 9.09. The molecule has 1 atom stereocenters. The molecule has 22 heavy (non-hydrogen) atoms. The maximum atomic E-state index is 12.2. The summed E-state index contributed by atoms with van der Waals surface area (Å²) in [5, 5.41) is 2.73. The third-order valence-electron chi connectivity index (χ3n) is 3.03. The third-order valence-corrected chi connectivity index (χ3v) is 4.95. The van der Waals surface area contributed by atoms with Gasteiger partial charge in [-0.2, -0.15) is 0 Å². The fraction of sp³-hybridized carbons (Fsp3) is 0.500. The van der Waals surface area contributed by atoms with Gasteiger partial charge >= 0.3 is 0 Å². The number of amides is 1. The Morgan fingerprint density at radius 1 is 1.32 bits per heavy atom. The van der Waals surface area contributed by atoms with Gasteiger partial charge in [-0.3, -0.25) is 4.79 Å². The van der Waals surface area contributed by atoms with Gasteiger partial charge < -0.3 is 11.1 Å². The fourth-order valence-electron chi connectivity index (χ4n) is 1.74. The average Bonchev–Trinajstić information content (AvgIpc) is 2.42. The van der Waals surface area contributed by atoms with E-state index >= 15 is 0 Å². The van der Waals surface area contributed by atoms with E-state index in [-0.39, 0.29) is 35.8 Å². The lowest BCUT2D eigenvalue weighted by Gasteiger charge is -2.15. The summed E-state index contributed by atoms with van der Waals surface area (Å²) in [5.41, 5.74) is 6.17. The zero-order chi connectivity index (χ0) is 16.0. The molecule has 0 saturated heterocycles. The Labute approximate surface area is 138 Å². The quantitative estimate of drug-likeness (QED) is 0.771. The largest absolute Gasteiger partial charge is 0.352 e. The molecule has 1 rings (SSSR count). The Hall–Kier alpha value is -1.15. The molecule has 0 aromatic heterocycles. The van der Waals surface area contributed by atoms with Crippen molar-refractivity contribution in [1.29, 1.82) is 0 Å². The zero-order valence-corrected chi connectivity index (χ0v) is 14.7. The Morgan fingerprint density at radius 2 is 1.91 bits per heavy atom. The predicted octanol–water partition coefficient (Wildman–Crippen LogP) is 1.10. The summed E-state index contributed by atoms with van der Waals surface area (Å²) >= 11 is 0. The maximum Gasteiger partial charge on any atom is 0.242 e. The fourth-order valence-corrected chi connectivity index (χ4v) is 2.85. The highest BCUT2D eigenvalue weighted by atomic mass is 35.5. The van der Waals surface area contributed by atoms with E-state index in [0.717, 1.165) is 4.31 Å². The minimum Gasteiger partial charge on any atom is -0.352 e. The normalized spacial score (nSPS) is 12.6. The molecule has 8 heteroatoms. The van der Waals surface area contributed by atoms with E-state index in [1.165, 1.54) is 14.1 Å². The first-order chi connectivity index (χ1) is 9.75. The molecule has 1 aromatic carbocycles. The highest BCUT2D eigenvalue weighted by Crippen LogP contribution is 2.18. The first-order valence-electron chi connectivity index (χ1n) is 6.78. The number of carbonyl (C=O) groups is 1. The molecule has 1 unspecified atom stereocenters. The van der Waals surface area contributed by atoms with E-state index in [9.17, 15) is 13.2 Å². The first kappa shape index (κ1) is 20.9. The van der Waals surface area contributed by atoms with Gasteiger partial charge in [0, 0.05) is 33.1 Å². The SMILES string of the molecule is CC(N)CCC(=O)NCc1ccccc1S(=O)(=O)N(C)C.Cl. The lowest BCUT2D eigenvalue weighted by atomic mass is 10.2. The van der Waals surface area contributed by atoms with Crippen molar-refractivity contribution in [2.75, 3.05) is 14.1 Å². The molecule has 1 amide bonds. The predicted molar refractivity (Wildman–Crippen MR) is 89.3 cm³/mol. The lowest BCUT2D eigenvalue weighted by Crippen LogP contribution is -2.28. The van der Waals surface area contributed by atoms with Gasteiger partial charge in [0.05, 0.1) is 4.90 Å². The van der Waals surface area contributed by atoms with Gasteiger partial charge in [0.15, 0.2) is 0 Å². The van der Waals surface area contributed by atoms with Crippen molar-refractivity contribution in [2.24, 2.45) is 5.73 Å². The highest BCUT2D eigenvalue weighted by Gasteiger charge is 2.20. The number of benzene rings is 1. The molecule has 0 saturated carbocycles. The van der Waals surface area contributed by atoms with Crippen LogP contribution in [0.3, 0.4) is 0 Å². The Bertz CT molecular complexity index is 589. The summed E-state index contributed by atoms with van der Waals surface area (Å²) in [7, 11) is -0.560. The van der Waals surface area contributed by atoms with Crippen LogP contribution in [0.4, 0.5) is 0 Å². The van der Waals surface area contributed by atoms with Gasteiger partial charge in [-0.1, -0.05) is 18.2 Å². The number of halogens is 1. The van der Waals surface area contributed by atoms with E-state index in [1.54, 1.807) is 24.3 Å². The molecule has 0 aliphatic carbocycles. The van der Waals surface area contributed by atoms with Gasteiger partial charge in [0.25, 0.3) is 0 Å². The summed E-state index contributed by atoms with van der Waals surface area (Å²) in [6.07, 6.45) is 0.934. The van der Waals surface area contributed by atoms with Crippen molar-refractivity contribution >= 4 is 28.3 Å². The van der Waals surface area contributed by atoms with Gasteiger partial charge in [0.1, 0.15) is 0 Å². The van der Waals surface area contributed by atoms with Crippen LogP contribution in [0.5, 0.6) is 0 Å².